The molecule has 7 heteroatoms. The van der Waals surface area contributed by atoms with Crippen LogP contribution in [-0.2, 0) is 22.6 Å². The molecule has 7 nitrogen and oxygen atoms in total. The summed E-state index contributed by atoms with van der Waals surface area (Å²) >= 11 is 0. The second kappa shape index (κ2) is 13.1. The monoisotopic (exact) mass is 484 g/mol. The average molecular weight is 485 g/mol. The first-order chi connectivity index (χ1) is 16.5. The number of benzene rings is 2. The molecule has 0 fully saturated rings. The summed E-state index contributed by atoms with van der Waals surface area (Å²) in [5, 5.41) is 13.6. The van der Waals surface area contributed by atoms with Gasteiger partial charge in [0.15, 0.2) is 0 Å². The van der Waals surface area contributed by atoms with Crippen molar-refractivity contribution >= 4 is 12.2 Å². The molecule has 0 saturated heterocycles. The van der Waals surface area contributed by atoms with Crippen LogP contribution in [-0.4, -0.2) is 46.5 Å². The number of nitrogens with zero attached hydrogens (tertiary/aromatic N) is 1. The third kappa shape index (κ3) is 9.99. The topological polar surface area (TPSA) is 88.1 Å². The van der Waals surface area contributed by atoms with Crippen molar-refractivity contribution in [3.8, 4) is 0 Å². The van der Waals surface area contributed by atoms with Crippen LogP contribution in [0.1, 0.15) is 62.8 Å². The Morgan fingerprint density at radius 1 is 1.09 bits per heavy atom. The largest absolute Gasteiger partial charge is 0.445 e. The molecule has 0 aliphatic carbocycles. The summed E-state index contributed by atoms with van der Waals surface area (Å²) in [6.45, 7) is 11.8. The third-order valence-corrected chi connectivity index (χ3v) is 5.49. The van der Waals surface area contributed by atoms with Crippen LogP contribution in [0.3, 0.4) is 0 Å². The lowest BCUT2D eigenvalue weighted by molar-refractivity contribution is 0.0337. The van der Waals surface area contributed by atoms with Crippen LogP contribution < -0.4 is 5.32 Å². The summed E-state index contributed by atoms with van der Waals surface area (Å²) in [4.78, 5) is 27.2. The summed E-state index contributed by atoms with van der Waals surface area (Å²) in [6, 6.07) is 14.8. The van der Waals surface area contributed by atoms with Gasteiger partial charge in [0.1, 0.15) is 12.2 Å². The van der Waals surface area contributed by atoms with Gasteiger partial charge in [0.2, 0.25) is 0 Å². The number of alkyl carbamates (subject to hydrolysis) is 1. The Morgan fingerprint density at radius 2 is 1.77 bits per heavy atom. The second-order valence-corrected chi connectivity index (χ2v) is 9.96. The van der Waals surface area contributed by atoms with E-state index in [-0.39, 0.29) is 19.7 Å². The molecule has 2 atom stereocenters. The zero-order chi connectivity index (χ0) is 26.0. The van der Waals surface area contributed by atoms with Gasteiger partial charge in [0, 0.05) is 13.1 Å². The smallest absolute Gasteiger partial charge is 0.410 e. The number of amides is 2. The van der Waals surface area contributed by atoms with Crippen LogP contribution in [0.2, 0.25) is 0 Å². The Bertz CT molecular complexity index is 956. The Hall–Kier alpha value is -3.06. The van der Waals surface area contributed by atoms with Gasteiger partial charge in [-0.15, -0.1) is 0 Å². The molecular formula is C28H40N2O5. The van der Waals surface area contributed by atoms with Crippen molar-refractivity contribution in [2.45, 2.75) is 85.3 Å². The molecule has 2 rings (SSSR count). The molecule has 2 aromatic rings. The van der Waals surface area contributed by atoms with Gasteiger partial charge in [0.25, 0.3) is 0 Å². The molecule has 192 valence electrons. The lowest BCUT2D eigenvalue weighted by Crippen LogP contribution is -2.52. The molecule has 0 aliphatic rings. The molecule has 2 amide bonds. The van der Waals surface area contributed by atoms with E-state index in [1.165, 1.54) is 4.90 Å². The van der Waals surface area contributed by atoms with Gasteiger partial charge in [-0.2, -0.15) is 0 Å². The normalized spacial score (nSPS) is 13.0. The van der Waals surface area contributed by atoms with Crippen LogP contribution in [0.5, 0.6) is 0 Å². The molecular weight excluding hydrogens is 444 g/mol. The number of aliphatic hydroxyl groups is 1. The molecule has 0 unspecified atom stereocenters. The molecule has 35 heavy (non-hydrogen) atoms. The van der Waals surface area contributed by atoms with E-state index in [1.54, 1.807) is 20.8 Å². The zero-order valence-corrected chi connectivity index (χ0v) is 21.8. The Kier molecular flexibility index (Phi) is 10.6. The quantitative estimate of drug-likeness (QED) is 0.465. The minimum Gasteiger partial charge on any atom is -0.445 e. The van der Waals surface area contributed by atoms with Gasteiger partial charge in [-0.3, -0.25) is 0 Å². The van der Waals surface area contributed by atoms with Crippen molar-refractivity contribution < 1.29 is 24.2 Å². The third-order valence-electron chi connectivity index (χ3n) is 5.49. The van der Waals surface area contributed by atoms with Gasteiger partial charge >= 0.3 is 12.2 Å². The van der Waals surface area contributed by atoms with E-state index < -0.39 is 29.9 Å². The highest BCUT2D eigenvalue weighted by atomic mass is 16.6. The minimum atomic E-state index is -0.851. The number of hydrogen-bond acceptors (Lipinski definition) is 5. The van der Waals surface area contributed by atoms with Crippen LogP contribution in [0.4, 0.5) is 9.59 Å². The van der Waals surface area contributed by atoms with E-state index in [2.05, 4.69) is 11.4 Å². The fraction of sp³-hybridized carbons (Fsp3) is 0.500. The highest BCUT2D eigenvalue weighted by Crippen LogP contribution is 2.17. The van der Waals surface area contributed by atoms with Crippen LogP contribution >= 0.6 is 0 Å². The highest BCUT2D eigenvalue weighted by molar-refractivity contribution is 5.69. The molecule has 0 spiro atoms. The number of nitrogens with one attached hydrogen (secondary N) is 1. The maximum atomic E-state index is 13.2. The number of rotatable bonds is 10. The van der Waals surface area contributed by atoms with Crippen LogP contribution in [0.15, 0.2) is 48.5 Å². The maximum absolute atomic E-state index is 13.2. The average Bonchev–Trinajstić information content (AvgIpc) is 2.77. The van der Waals surface area contributed by atoms with E-state index in [9.17, 15) is 14.7 Å². The lowest BCUT2D eigenvalue weighted by Gasteiger charge is -2.31. The predicted molar refractivity (Wildman–Crippen MR) is 137 cm³/mol. The molecule has 0 bridgehead atoms. The Balaban J connectivity index is 2.25. The van der Waals surface area contributed by atoms with Gasteiger partial charge in [-0.1, -0.05) is 67.4 Å². The van der Waals surface area contributed by atoms with Crippen molar-refractivity contribution in [2.75, 3.05) is 6.54 Å². The highest BCUT2D eigenvalue weighted by Gasteiger charge is 2.29. The zero-order valence-electron chi connectivity index (χ0n) is 21.8. The molecule has 0 saturated carbocycles. The van der Waals surface area contributed by atoms with E-state index in [4.69, 9.17) is 9.47 Å². The summed E-state index contributed by atoms with van der Waals surface area (Å²) in [5.41, 5.74) is 3.34. The molecule has 2 N–H and O–H groups in total. The van der Waals surface area contributed by atoms with Gasteiger partial charge in [-0.05, 0) is 57.7 Å². The Labute approximate surface area is 209 Å². The fourth-order valence-corrected chi connectivity index (χ4v) is 3.70. The second-order valence-electron chi connectivity index (χ2n) is 9.96. The summed E-state index contributed by atoms with van der Waals surface area (Å²) in [5.74, 6) is 0. The van der Waals surface area contributed by atoms with Crippen molar-refractivity contribution in [2.24, 2.45) is 0 Å². The van der Waals surface area contributed by atoms with Crippen molar-refractivity contribution in [3.63, 3.8) is 0 Å². The fourth-order valence-electron chi connectivity index (χ4n) is 3.70. The van der Waals surface area contributed by atoms with E-state index in [1.807, 2.05) is 63.2 Å². The maximum Gasteiger partial charge on any atom is 0.410 e. The van der Waals surface area contributed by atoms with Crippen molar-refractivity contribution in [3.05, 3.63) is 70.8 Å². The molecule has 0 aromatic heterocycles. The van der Waals surface area contributed by atoms with E-state index >= 15 is 0 Å². The van der Waals surface area contributed by atoms with Crippen LogP contribution in [0, 0.1) is 13.8 Å². The SMILES string of the molecule is CCC[C@H](O)[C@H](CN(Cc1ccc(C)cc1C)C(=O)OCc1ccccc1)NC(=O)OC(C)(C)C. The predicted octanol–water partition coefficient (Wildman–Crippen LogP) is 5.50. The van der Waals surface area contributed by atoms with Gasteiger partial charge in [-0.25, -0.2) is 9.59 Å². The number of aryl methyl sites for hydroxylation is 2. The Morgan fingerprint density at radius 3 is 2.37 bits per heavy atom. The first kappa shape index (κ1) is 28.2. The molecule has 0 heterocycles. The molecule has 0 radical (unpaired) electrons. The lowest BCUT2D eigenvalue weighted by atomic mass is 10.0. The van der Waals surface area contributed by atoms with Crippen molar-refractivity contribution in [1.82, 2.24) is 10.2 Å². The summed E-state index contributed by atoms with van der Waals surface area (Å²) < 4.78 is 11.0. The first-order valence-corrected chi connectivity index (χ1v) is 12.2. The van der Waals surface area contributed by atoms with Gasteiger partial charge in [0.05, 0.1) is 12.1 Å². The van der Waals surface area contributed by atoms with E-state index in [0.717, 1.165) is 28.7 Å². The number of carbonyl (C=O) groups excluding carboxylic acids is 2. The van der Waals surface area contributed by atoms with Gasteiger partial charge < -0.3 is 24.8 Å². The standard InChI is InChI=1S/C28H40N2O5/c1-7-11-25(31)24(29-26(32)35-28(4,5)6)18-30(17-23-15-14-20(2)16-21(23)3)27(33)34-19-22-12-9-8-10-13-22/h8-10,12-16,24-25,31H,7,11,17-19H2,1-6H3,(H,29,32)/t24-,25-/m0/s1. The first-order valence-electron chi connectivity index (χ1n) is 12.2. The minimum absolute atomic E-state index is 0.0708. The molecule has 2 aromatic carbocycles. The summed E-state index contributed by atoms with van der Waals surface area (Å²) in [7, 11) is 0. The number of carbonyl (C=O) groups is 2. The van der Waals surface area contributed by atoms with Crippen molar-refractivity contribution in [1.29, 1.82) is 0 Å². The van der Waals surface area contributed by atoms with Crippen LogP contribution in [0.25, 0.3) is 0 Å². The number of aliphatic hydroxyl groups excluding tert-OH is 1. The van der Waals surface area contributed by atoms with E-state index in [0.29, 0.717) is 6.42 Å². The number of hydrogen-bond donors (Lipinski definition) is 2. The summed E-state index contributed by atoms with van der Waals surface area (Å²) in [6.07, 6.45) is -0.813. The number of ether oxygens (including phenoxy) is 2. The molecule has 0 aliphatic heterocycles.